The van der Waals surface area contributed by atoms with E-state index in [-0.39, 0.29) is 11.8 Å². The van der Waals surface area contributed by atoms with Crippen LogP contribution in [0.4, 0.5) is 0 Å². The zero-order valence-corrected chi connectivity index (χ0v) is 15.5. The molecule has 6 nitrogen and oxygen atoms in total. The van der Waals surface area contributed by atoms with E-state index in [4.69, 9.17) is 4.74 Å². The molecule has 0 unspecified atom stereocenters. The van der Waals surface area contributed by atoms with Crippen molar-refractivity contribution in [1.82, 2.24) is 19.3 Å². The fraction of sp³-hybridized carbons (Fsp3) is 0.588. The maximum Gasteiger partial charge on any atom is 0.191 e. The Morgan fingerprint density at radius 3 is 2.88 bits per heavy atom. The predicted octanol–water partition coefficient (Wildman–Crippen LogP) is 3.21. The molecular weight excluding hydrogens is 324 g/mol. The van der Waals surface area contributed by atoms with Gasteiger partial charge in [0.05, 0.1) is 18.4 Å². The van der Waals surface area contributed by atoms with E-state index in [0.29, 0.717) is 18.4 Å². The molecule has 0 spiro atoms. The number of carbonyl (C=O) groups is 1. The maximum absolute atomic E-state index is 12.7. The second-order valence-corrected chi connectivity index (χ2v) is 7.37. The fourth-order valence-corrected chi connectivity index (χ4v) is 4.07. The van der Waals surface area contributed by atoms with E-state index in [1.165, 1.54) is 24.6 Å². The Hall–Kier alpha value is -1.60. The summed E-state index contributed by atoms with van der Waals surface area (Å²) >= 11 is 1.47. The first-order chi connectivity index (χ1) is 11.5. The van der Waals surface area contributed by atoms with Gasteiger partial charge in [-0.2, -0.15) is 0 Å². The van der Waals surface area contributed by atoms with Crippen LogP contribution in [-0.4, -0.2) is 44.6 Å². The number of nitrogens with zero attached hydrogens (tertiary/aromatic N) is 4. The first-order valence-corrected chi connectivity index (χ1v) is 9.24. The normalized spacial score (nSPS) is 15.7. The molecule has 2 aromatic heterocycles. The summed E-state index contributed by atoms with van der Waals surface area (Å²) < 4.78 is 9.51. The third kappa shape index (κ3) is 3.42. The minimum absolute atomic E-state index is 0.134. The molecule has 0 amide bonds. The summed E-state index contributed by atoms with van der Waals surface area (Å²) in [7, 11) is 1.70. The maximum atomic E-state index is 12.7. The van der Waals surface area contributed by atoms with Crippen LogP contribution in [0, 0.1) is 13.8 Å². The summed E-state index contributed by atoms with van der Waals surface area (Å²) in [5.74, 6) is 0.517. The zero-order chi connectivity index (χ0) is 17.3. The second kappa shape index (κ2) is 7.11. The van der Waals surface area contributed by atoms with Crippen LogP contribution in [0.1, 0.15) is 53.6 Å². The Balaban J connectivity index is 1.71. The number of methoxy groups -OCH3 is 1. The van der Waals surface area contributed by atoms with Crippen molar-refractivity contribution in [1.29, 1.82) is 0 Å². The molecule has 24 heavy (non-hydrogen) atoms. The molecular formula is C17H24N4O2S. The SMILES string of the molecule is COC[C@@H](C)n1c(C)cc(C(=O)CSc2nncn2C2CC2)c1C. The number of hydrogen-bond acceptors (Lipinski definition) is 5. The van der Waals surface area contributed by atoms with Crippen molar-refractivity contribution in [2.75, 3.05) is 19.5 Å². The van der Waals surface area contributed by atoms with Crippen LogP contribution in [-0.2, 0) is 4.74 Å². The van der Waals surface area contributed by atoms with Crippen molar-refractivity contribution in [3.05, 3.63) is 29.3 Å². The third-order valence-electron chi connectivity index (χ3n) is 4.45. The average Bonchev–Trinajstić information content (AvgIpc) is 3.20. The van der Waals surface area contributed by atoms with Crippen molar-refractivity contribution in [2.24, 2.45) is 0 Å². The van der Waals surface area contributed by atoms with Gasteiger partial charge < -0.3 is 13.9 Å². The predicted molar refractivity (Wildman–Crippen MR) is 93.8 cm³/mol. The van der Waals surface area contributed by atoms with E-state index in [2.05, 4.69) is 26.3 Å². The number of hydrogen-bond donors (Lipinski definition) is 0. The molecule has 0 aromatic carbocycles. The van der Waals surface area contributed by atoms with Crippen molar-refractivity contribution in [3.63, 3.8) is 0 Å². The molecule has 0 radical (unpaired) electrons. The Labute approximate surface area is 146 Å². The Bertz CT molecular complexity index is 733. The van der Waals surface area contributed by atoms with Crippen molar-refractivity contribution >= 4 is 17.5 Å². The standard InChI is InChI=1S/C17H24N4O2S/c1-11-7-15(13(3)21(11)12(2)8-23-4)16(22)9-24-17-19-18-10-20(17)14-5-6-14/h7,10,12,14H,5-6,8-9H2,1-4H3/t12-/m1/s1. The number of thioether (sulfide) groups is 1. The molecule has 130 valence electrons. The van der Waals surface area contributed by atoms with E-state index >= 15 is 0 Å². The van der Waals surface area contributed by atoms with Gasteiger partial charge in [-0.05, 0) is 39.7 Å². The van der Waals surface area contributed by atoms with Crippen molar-refractivity contribution in [2.45, 2.75) is 50.9 Å². The lowest BCUT2D eigenvalue weighted by Gasteiger charge is -2.17. The van der Waals surface area contributed by atoms with Crippen LogP contribution in [0.25, 0.3) is 0 Å². The zero-order valence-electron chi connectivity index (χ0n) is 14.7. The molecule has 1 saturated carbocycles. The lowest BCUT2D eigenvalue weighted by molar-refractivity contribution is 0.102. The van der Waals surface area contributed by atoms with Gasteiger partial charge in [-0.3, -0.25) is 4.79 Å². The number of rotatable bonds is 8. The fourth-order valence-electron chi connectivity index (χ4n) is 3.20. The van der Waals surface area contributed by atoms with Crippen molar-refractivity contribution < 1.29 is 9.53 Å². The molecule has 2 aromatic rings. The van der Waals surface area contributed by atoms with Crippen LogP contribution < -0.4 is 0 Å². The van der Waals surface area contributed by atoms with Crippen molar-refractivity contribution in [3.8, 4) is 0 Å². The molecule has 1 aliphatic rings. The Morgan fingerprint density at radius 2 is 2.21 bits per heavy atom. The second-order valence-electron chi connectivity index (χ2n) is 6.42. The Morgan fingerprint density at radius 1 is 1.46 bits per heavy atom. The lowest BCUT2D eigenvalue weighted by atomic mass is 10.2. The highest BCUT2D eigenvalue weighted by atomic mass is 32.2. The van der Waals surface area contributed by atoms with Gasteiger partial charge in [0.2, 0.25) is 0 Å². The van der Waals surface area contributed by atoms with Gasteiger partial charge in [0.1, 0.15) is 6.33 Å². The van der Waals surface area contributed by atoms with Gasteiger partial charge in [0, 0.05) is 30.1 Å². The van der Waals surface area contributed by atoms with Gasteiger partial charge >= 0.3 is 0 Å². The first-order valence-electron chi connectivity index (χ1n) is 8.25. The molecule has 2 heterocycles. The Kier molecular flexibility index (Phi) is 5.10. The number of Topliss-reactive ketones (excluding diaryl/α,β-unsaturated/α-hetero) is 1. The molecule has 7 heteroatoms. The van der Waals surface area contributed by atoms with E-state index < -0.39 is 0 Å². The van der Waals surface area contributed by atoms with Crippen LogP contribution in [0.2, 0.25) is 0 Å². The number of ether oxygens (including phenoxy) is 1. The van der Waals surface area contributed by atoms with E-state index in [9.17, 15) is 4.79 Å². The van der Waals surface area contributed by atoms with E-state index in [1.807, 2.05) is 19.9 Å². The summed E-state index contributed by atoms with van der Waals surface area (Å²) in [5.41, 5.74) is 2.89. The molecule has 0 saturated heterocycles. The van der Waals surface area contributed by atoms with Crippen LogP contribution in [0.3, 0.4) is 0 Å². The van der Waals surface area contributed by atoms with E-state index in [0.717, 1.165) is 22.1 Å². The summed E-state index contributed by atoms with van der Waals surface area (Å²) in [6.45, 7) is 6.77. The van der Waals surface area contributed by atoms with Crippen LogP contribution in [0.15, 0.2) is 17.6 Å². The lowest BCUT2D eigenvalue weighted by Crippen LogP contribution is -2.14. The van der Waals surface area contributed by atoms with Gasteiger partial charge in [-0.1, -0.05) is 11.8 Å². The van der Waals surface area contributed by atoms with E-state index in [1.54, 1.807) is 13.4 Å². The molecule has 1 aliphatic carbocycles. The highest BCUT2D eigenvalue weighted by Gasteiger charge is 2.27. The first kappa shape index (κ1) is 17.2. The molecule has 0 aliphatic heterocycles. The largest absolute Gasteiger partial charge is 0.383 e. The molecule has 1 atom stereocenters. The summed E-state index contributed by atoms with van der Waals surface area (Å²) in [6.07, 6.45) is 4.12. The van der Waals surface area contributed by atoms with Crippen LogP contribution in [0.5, 0.6) is 0 Å². The highest BCUT2D eigenvalue weighted by molar-refractivity contribution is 7.99. The van der Waals surface area contributed by atoms with Gasteiger partial charge in [-0.25, -0.2) is 0 Å². The van der Waals surface area contributed by atoms with Gasteiger partial charge in [0.15, 0.2) is 10.9 Å². The number of aryl methyl sites for hydroxylation is 1. The number of carbonyl (C=O) groups excluding carboxylic acids is 1. The highest BCUT2D eigenvalue weighted by Crippen LogP contribution is 2.37. The summed E-state index contributed by atoms with van der Waals surface area (Å²) in [4.78, 5) is 12.7. The molecule has 3 rings (SSSR count). The number of ketones is 1. The monoisotopic (exact) mass is 348 g/mol. The third-order valence-corrected chi connectivity index (χ3v) is 5.40. The van der Waals surface area contributed by atoms with Gasteiger partial charge in [0.25, 0.3) is 0 Å². The minimum atomic E-state index is 0.134. The summed E-state index contributed by atoms with van der Waals surface area (Å²) in [5, 5.41) is 8.96. The molecule has 0 N–H and O–H groups in total. The average molecular weight is 348 g/mol. The summed E-state index contributed by atoms with van der Waals surface area (Å²) in [6, 6.07) is 2.72. The molecule has 0 bridgehead atoms. The minimum Gasteiger partial charge on any atom is -0.383 e. The molecule has 1 fully saturated rings. The van der Waals surface area contributed by atoms with Crippen LogP contribution >= 0.6 is 11.8 Å². The number of aromatic nitrogens is 4. The quantitative estimate of drug-likeness (QED) is 0.541. The van der Waals surface area contributed by atoms with Gasteiger partial charge in [-0.15, -0.1) is 10.2 Å². The topological polar surface area (TPSA) is 61.9 Å². The smallest absolute Gasteiger partial charge is 0.191 e.